The van der Waals surface area contributed by atoms with Crippen molar-refractivity contribution in [3.63, 3.8) is 0 Å². The first-order chi connectivity index (χ1) is 18.0. The summed E-state index contributed by atoms with van der Waals surface area (Å²) < 4.78 is 27.7. The van der Waals surface area contributed by atoms with Crippen molar-refractivity contribution in [1.29, 1.82) is 0 Å². The van der Waals surface area contributed by atoms with E-state index in [0.717, 1.165) is 48.5 Å². The lowest BCUT2D eigenvalue weighted by atomic mass is 9.61. The molecule has 1 nitrogen and oxygen atoms in total. The Hall–Kier alpha value is -1.48. The molecular formula is C34H49F2N. The number of benzene rings is 1. The maximum absolute atomic E-state index is 14.1. The van der Waals surface area contributed by atoms with Crippen LogP contribution in [-0.4, -0.2) is 6.04 Å². The minimum absolute atomic E-state index is 0.347. The quantitative estimate of drug-likeness (QED) is 0.380. The molecular weight excluding hydrogens is 460 g/mol. The van der Waals surface area contributed by atoms with Gasteiger partial charge in [-0.3, -0.25) is 0 Å². The monoisotopic (exact) mass is 509 g/mol. The Balaban J connectivity index is 1.27. The minimum Gasteiger partial charge on any atom is -0.327 e. The highest BCUT2D eigenvalue weighted by atomic mass is 19.2. The molecule has 0 aromatic heterocycles. The van der Waals surface area contributed by atoms with Crippen LogP contribution in [-0.2, 0) is 0 Å². The zero-order valence-electron chi connectivity index (χ0n) is 23.1. The van der Waals surface area contributed by atoms with E-state index in [9.17, 15) is 8.78 Å². The first-order valence-electron chi connectivity index (χ1n) is 15.6. The molecule has 4 aliphatic rings. The smallest absolute Gasteiger partial charge is 0.159 e. The summed E-state index contributed by atoms with van der Waals surface area (Å²) >= 11 is 0. The molecule has 0 radical (unpaired) electrons. The molecule has 0 amide bonds. The number of nitrogens with two attached hydrogens (primary N) is 1. The van der Waals surface area contributed by atoms with E-state index in [1.165, 1.54) is 95.6 Å². The van der Waals surface area contributed by atoms with Gasteiger partial charge in [-0.2, -0.15) is 0 Å². The minimum atomic E-state index is -0.730. The summed E-state index contributed by atoms with van der Waals surface area (Å²) in [5, 5.41) is 0. The molecule has 2 fully saturated rings. The number of hydrogen-bond donors (Lipinski definition) is 1. The lowest BCUT2D eigenvalue weighted by Crippen LogP contribution is -2.34. The lowest BCUT2D eigenvalue weighted by molar-refractivity contribution is 0.154. The van der Waals surface area contributed by atoms with Crippen LogP contribution in [0.3, 0.4) is 0 Å². The van der Waals surface area contributed by atoms with Gasteiger partial charge in [-0.1, -0.05) is 42.7 Å². The fourth-order valence-electron chi connectivity index (χ4n) is 8.52. The summed E-state index contributed by atoms with van der Waals surface area (Å²) in [5.74, 6) is 2.57. The van der Waals surface area contributed by atoms with Crippen LogP contribution in [0.2, 0.25) is 0 Å². The van der Waals surface area contributed by atoms with Crippen LogP contribution < -0.4 is 5.73 Å². The highest BCUT2D eigenvalue weighted by Crippen LogP contribution is 2.51. The van der Waals surface area contributed by atoms with Crippen molar-refractivity contribution in [3.05, 3.63) is 58.7 Å². The molecule has 2 N–H and O–H groups in total. The van der Waals surface area contributed by atoms with Gasteiger partial charge in [-0.15, -0.1) is 0 Å². The zero-order valence-corrected chi connectivity index (χ0v) is 23.1. The van der Waals surface area contributed by atoms with E-state index in [0.29, 0.717) is 17.9 Å². The van der Waals surface area contributed by atoms with Crippen molar-refractivity contribution in [3.8, 4) is 0 Å². The Kier molecular flexibility index (Phi) is 9.22. The van der Waals surface area contributed by atoms with Crippen LogP contribution in [0.25, 0.3) is 0 Å². The predicted octanol–water partition coefficient (Wildman–Crippen LogP) is 9.63. The van der Waals surface area contributed by atoms with E-state index in [-0.39, 0.29) is 0 Å². The first kappa shape index (κ1) is 27.1. The third kappa shape index (κ3) is 6.40. The number of hydrogen-bond acceptors (Lipinski definition) is 1. The molecule has 1 aromatic rings. The van der Waals surface area contributed by atoms with E-state index in [1.54, 1.807) is 11.1 Å². The van der Waals surface area contributed by atoms with Crippen LogP contribution in [0.4, 0.5) is 8.78 Å². The Morgan fingerprint density at radius 2 is 1.65 bits per heavy atom. The van der Waals surface area contributed by atoms with Crippen molar-refractivity contribution >= 4 is 0 Å². The summed E-state index contributed by atoms with van der Waals surface area (Å²) in [7, 11) is 0. The topological polar surface area (TPSA) is 26.0 Å². The molecule has 0 heterocycles. The van der Waals surface area contributed by atoms with Crippen LogP contribution >= 0.6 is 0 Å². The maximum atomic E-state index is 14.1. The Morgan fingerprint density at radius 1 is 0.838 bits per heavy atom. The van der Waals surface area contributed by atoms with Gasteiger partial charge in [0, 0.05) is 6.04 Å². The molecule has 2 saturated carbocycles. The average Bonchev–Trinajstić information content (AvgIpc) is 3.24. The summed E-state index contributed by atoms with van der Waals surface area (Å²) in [6, 6.07) is 5.02. The molecule has 5 atom stereocenters. The van der Waals surface area contributed by atoms with Gasteiger partial charge in [0.2, 0.25) is 0 Å². The summed E-state index contributed by atoms with van der Waals surface area (Å²) in [4.78, 5) is 0. The van der Waals surface area contributed by atoms with Gasteiger partial charge < -0.3 is 5.73 Å². The summed E-state index contributed by atoms with van der Waals surface area (Å²) in [6.07, 6.45) is 25.3. The summed E-state index contributed by atoms with van der Waals surface area (Å²) in [5.41, 5.74) is 10.8. The van der Waals surface area contributed by atoms with Gasteiger partial charge in [0.1, 0.15) is 0 Å². The van der Waals surface area contributed by atoms with Crippen LogP contribution in [0.5, 0.6) is 0 Å². The molecule has 1 aromatic carbocycles. The van der Waals surface area contributed by atoms with Crippen LogP contribution in [0, 0.1) is 41.2 Å². The van der Waals surface area contributed by atoms with Gasteiger partial charge >= 0.3 is 0 Å². The third-order valence-corrected chi connectivity index (χ3v) is 10.8. The standard InChI is InChI=1S/C34H49F2N/c1-2-34(37)27-15-11-24(12-16-27)23-9-13-26(14-10-23)30-19-17-28(29-18-20-32(35)33(36)22-29)21-31(30)25-7-5-3-4-6-8-25/h7,9,18,20,22,24,26-28,30-31,34H,2-6,8,10-17,19,21,37H2,1H3. The molecule has 4 aliphatic carbocycles. The molecule has 5 rings (SSSR count). The van der Waals surface area contributed by atoms with E-state index in [4.69, 9.17) is 5.73 Å². The van der Waals surface area contributed by atoms with Gasteiger partial charge in [0.05, 0.1) is 0 Å². The highest BCUT2D eigenvalue weighted by Gasteiger charge is 2.39. The fraction of sp³-hybridized carbons (Fsp3) is 0.706. The second-order valence-corrected chi connectivity index (χ2v) is 12.8. The predicted molar refractivity (Wildman–Crippen MR) is 150 cm³/mol. The number of halogens is 2. The second-order valence-electron chi connectivity index (χ2n) is 12.8. The fourth-order valence-corrected chi connectivity index (χ4v) is 8.52. The van der Waals surface area contributed by atoms with Crippen LogP contribution in [0.15, 0.2) is 41.5 Å². The normalized spacial score (nSPS) is 34.3. The average molecular weight is 510 g/mol. The van der Waals surface area contributed by atoms with E-state index in [1.807, 2.05) is 6.07 Å². The molecule has 0 spiro atoms. The number of allylic oxidation sites excluding steroid dienone is 4. The molecule has 0 bridgehead atoms. The number of rotatable bonds is 6. The maximum Gasteiger partial charge on any atom is 0.159 e. The van der Waals surface area contributed by atoms with Crippen molar-refractivity contribution in [2.24, 2.45) is 35.3 Å². The van der Waals surface area contributed by atoms with Crippen molar-refractivity contribution in [1.82, 2.24) is 0 Å². The van der Waals surface area contributed by atoms with Gasteiger partial charge in [-0.25, -0.2) is 8.78 Å². The van der Waals surface area contributed by atoms with E-state index < -0.39 is 11.6 Å². The molecule has 3 heteroatoms. The second kappa shape index (κ2) is 12.6. The van der Waals surface area contributed by atoms with Crippen LogP contribution in [0.1, 0.15) is 121 Å². The largest absolute Gasteiger partial charge is 0.327 e. The van der Waals surface area contributed by atoms with Gasteiger partial charge in [0.15, 0.2) is 11.6 Å². The van der Waals surface area contributed by atoms with E-state index in [2.05, 4.69) is 19.1 Å². The van der Waals surface area contributed by atoms with Gasteiger partial charge in [0.25, 0.3) is 0 Å². The Bertz CT molecular complexity index is 957. The molecule has 37 heavy (non-hydrogen) atoms. The SMILES string of the molecule is CCC(N)C1CCC(C2=CCC(C3CCC(c4ccc(F)c(F)c4)CC3C3=CCCCCC3)CC2)CC1. The molecule has 0 aliphatic heterocycles. The van der Waals surface area contributed by atoms with E-state index >= 15 is 0 Å². The first-order valence-corrected chi connectivity index (χ1v) is 15.6. The highest BCUT2D eigenvalue weighted by molar-refractivity contribution is 5.25. The Labute approximate surface area is 224 Å². The summed E-state index contributed by atoms with van der Waals surface area (Å²) in [6.45, 7) is 2.23. The zero-order chi connectivity index (χ0) is 25.8. The van der Waals surface area contributed by atoms with Gasteiger partial charge in [-0.05, 0) is 150 Å². The Morgan fingerprint density at radius 3 is 2.38 bits per heavy atom. The van der Waals surface area contributed by atoms with Crippen molar-refractivity contribution in [2.45, 2.75) is 122 Å². The molecule has 204 valence electrons. The lowest BCUT2D eigenvalue weighted by Gasteiger charge is -2.43. The molecule has 5 unspecified atom stereocenters. The van der Waals surface area contributed by atoms with Crippen molar-refractivity contribution < 1.29 is 8.78 Å². The third-order valence-electron chi connectivity index (χ3n) is 10.8. The molecule has 0 saturated heterocycles. The van der Waals surface area contributed by atoms with Crippen molar-refractivity contribution in [2.75, 3.05) is 0 Å².